The molecule has 2 aromatic rings. The van der Waals surface area contributed by atoms with Crippen LogP contribution in [0.2, 0.25) is 0 Å². The van der Waals surface area contributed by atoms with Gasteiger partial charge in [0.15, 0.2) is 0 Å². The van der Waals surface area contributed by atoms with Gasteiger partial charge < -0.3 is 28.8 Å². The number of aryl methyl sites for hydroxylation is 2. The summed E-state index contributed by atoms with van der Waals surface area (Å²) in [6.07, 6.45) is -2.52. The lowest BCUT2D eigenvalue weighted by atomic mass is 9.72. The van der Waals surface area contributed by atoms with Gasteiger partial charge in [-0.15, -0.1) is 0 Å². The van der Waals surface area contributed by atoms with E-state index in [4.69, 9.17) is 9.47 Å². The normalized spacial score (nSPS) is 40.4. The molecule has 6 nitrogen and oxygen atoms in total. The second-order valence-corrected chi connectivity index (χ2v) is 8.46. The second-order valence-electron chi connectivity index (χ2n) is 8.46. The molecule has 0 saturated carbocycles. The number of ether oxygens (including phenoxy) is 2. The topological polar surface area (TPSA) is 68.8 Å². The summed E-state index contributed by atoms with van der Waals surface area (Å²) in [5, 5.41) is 22.5. The van der Waals surface area contributed by atoms with Gasteiger partial charge in [-0.3, -0.25) is 0 Å². The van der Waals surface area contributed by atoms with Crippen LogP contribution in [-0.4, -0.2) is 50.4 Å². The molecule has 0 spiro atoms. The van der Waals surface area contributed by atoms with Crippen LogP contribution < -0.4 is 0 Å². The van der Waals surface area contributed by atoms with Crippen molar-refractivity contribution in [1.82, 2.24) is 9.13 Å². The number of methoxy groups -OCH3 is 1. The van der Waals surface area contributed by atoms with Gasteiger partial charge in [0.25, 0.3) is 0 Å². The van der Waals surface area contributed by atoms with Crippen LogP contribution in [0, 0.1) is 13.8 Å². The largest absolute Gasteiger partial charge is 0.390 e. The van der Waals surface area contributed by atoms with E-state index in [0.29, 0.717) is 0 Å². The van der Waals surface area contributed by atoms with Crippen LogP contribution in [0.1, 0.15) is 60.7 Å². The molecule has 2 N–H and O–H groups in total. The van der Waals surface area contributed by atoms with Gasteiger partial charge in [-0.2, -0.15) is 0 Å². The third-order valence-electron chi connectivity index (χ3n) is 7.26. The van der Waals surface area contributed by atoms with Gasteiger partial charge in [-0.05, 0) is 52.0 Å². The molecule has 3 aliphatic rings. The molecule has 0 aromatic carbocycles. The number of hydrogen-bond acceptors (Lipinski definition) is 4. The van der Waals surface area contributed by atoms with Crippen molar-refractivity contribution in [2.45, 2.75) is 75.7 Å². The quantitative estimate of drug-likeness (QED) is 0.849. The first-order chi connectivity index (χ1) is 12.8. The molecular weight excluding hydrogens is 344 g/mol. The third kappa shape index (κ3) is 1.85. The van der Waals surface area contributed by atoms with Crippen LogP contribution >= 0.6 is 0 Å². The Morgan fingerprint density at radius 1 is 1.11 bits per heavy atom. The van der Waals surface area contributed by atoms with Crippen molar-refractivity contribution in [2.75, 3.05) is 7.11 Å². The Balaban J connectivity index is 1.86. The summed E-state index contributed by atoms with van der Waals surface area (Å²) >= 11 is 0. The van der Waals surface area contributed by atoms with E-state index in [2.05, 4.69) is 48.1 Å². The molecule has 8 atom stereocenters. The Hall–Kier alpha value is -1.60. The van der Waals surface area contributed by atoms with E-state index in [1.54, 1.807) is 14.0 Å². The van der Waals surface area contributed by atoms with Crippen molar-refractivity contribution in [3.8, 4) is 0 Å². The monoisotopic (exact) mass is 372 g/mol. The smallest absolute Gasteiger partial charge is 0.133 e. The van der Waals surface area contributed by atoms with Crippen LogP contribution in [0.25, 0.3) is 0 Å². The first kappa shape index (κ1) is 17.5. The summed E-state index contributed by atoms with van der Waals surface area (Å²) in [6, 6.07) is 8.48. The van der Waals surface area contributed by atoms with Crippen LogP contribution in [0.5, 0.6) is 0 Å². The SMILES string of the molecule is CO[C@H]1c2ccc(C)n2[C@@H]2[C@H]3OC([C@H](C)O)([C@@H]1O)[C@H]2c1ccc(C)n1[C@@H]3C. The van der Waals surface area contributed by atoms with E-state index in [-0.39, 0.29) is 24.1 Å². The maximum atomic E-state index is 11.5. The minimum absolute atomic E-state index is 0.0104. The zero-order valence-electron chi connectivity index (χ0n) is 16.5. The number of aliphatic hydroxyl groups is 2. The number of fused-ring (bicyclic) bond motifs is 2. The number of nitrogens with zero attached hydrogens (tertiary/aromatic N) is 2. The average molecular weight is 372 g/mol. The van der Waals surface area contributed by atoms with Crippen molar-refractivity contribution >= 4 is 0 Å². The maximum absolute atomic E-state index is 11.5. The first-order valence-electron chi connectivity index (χ1n) is 9.76. The van der Waals surface area contributed by atoms with Crippen molar-refractivity contribution < 1.29 is 19.7 Å². The van der Waals surface area contributed by atoms with Gasteiger partial charge in [0.1, 0.15) is 23.9 Å². The van der Waals surface area contributed by atoms with Crippen molar-refractivity contribution in [2.24, 2.45) is 0 Å². The van der Waals surface area contributed by atoms with Crippen LogP contribution in [0.15, 0.2) is 24.3 Å². The van der Waals surface area contributed by atoms with Crippen molar-refractivity contribution in [1.29, 1.82) is 0 Å². The number of aromatic nitrogens is 2. The second kappa shape index (κ2) is 5.47. The molecule has 4 bridgehead atoms. The van der Waals surface area contributed by atoms with Crippen LogP contribution in [0.4, 0.5) is 0 Å². The zero-order valence-corrected chi connectivity index (χ0v) is 16.5. The molecule has 5 rings (SSSR count). The predicted molar refractivity (Wildman–Crippen MR) is 99.9 cm³/mol. The maximum Gasteiger partial charge on any atom is 0.133 e. The molecule has 0 radical (unpaired) electrons. The van der Waals surface area contributed by atoms with E-state index in [0.717, 1.165) is 17.1 Å². The van der Waals surface area contributed by atoms with E-state index in [1.807, 2.05) is 6.07 Å². The molecule has 0 amide bonds. The fraction of sp³-hybridized carbons (Fsp3) is 0.619. The summed E-state index contributed by atoms with van der Waals surface area (Å²) in [4.78, 5) is 0. The Labute approximate surface area is 159 Å². The first-order valence-corrected chi connectivity index (χ1v) is 9.76. The Bertz CT molecular complexity index is 900. The molecule has 0 aliphatic carbocycles. The minimum Gasteiger partial charge on any atom is -0.390 e. The molecular formula is C21H28N2O4. The summed E-state index contributed by atoms with van der Waals surface area (Å²) in [6.45, 7) is 8.08. The predicted octanol–water partition coefficient (Wildman–Crippen LogP) is 2.39. The van der Waals surface area contributed by atoms with Gasteiger partial charge in [0, 0.05) is 24.2 Å². The van der Waals surface area contributed by atoms with Gasteiger partial charge >= 0.3 is 0 Å². The van der Waals surface area contributed by atoms with E-state index in [9.17, 15) is 10.2 Å². The van der Waals surface area contributed by atoms with Gasteiger partial charge in [0.05, 0.1) is 29.8 Å². The van der Waals surface area contributed by atoms with Crippen molar-refractivity contribution in [3.63, 3.8) is 0 Å². The fourth-order valence-corrected chi connectivity index (χ4v) is 6.16. The summed E-state index contributed by atoms with van der Waals surface area (Å²) in [5.41, 5.74) is 3.26. The van der Waals surface area contributed by atoms with E-state index in [1.165, 1.54) is 5.69 Å². The van der Waals surface area contributed by atoms with Gasteiger partial charge in [-0.1, -0.05) is 0 Å². The number of rotatable bonds is 2. The molecule has 6 heteroatoms. The molecule has 1 unspecified atom stereocenters. The molecule has 27 heavy (non-hydrogen) atoms. The lowest BCUT2D eigenvalue weighted by molar-refractivity contribution is -0.208. The summed E-state index contributed by atoms with van der Waals surface area (Å²) in [5.74, 6) is -0.160. The Kier molecular flexibility index (Phi) is 3.55. The average Bonchev–Trinajstić information content (AvgIpc) is 3.24. The fourth-order valence-electron chi connectivity index (χ4n) is 6.16. The molecule has 3 aliphatic heterocycles. The zero-order chi connectivity index (χ0) is 19.2. The molecule has 1 saturated heterocycles. The van der Waals surface area contributed by atoms with E-state index < -0.39 is 23.9 Å². The molecule has 2 aromatic heterocycles. The highest BCUT2D eigenvalue weighted by Gasteiger charge is 2.69. The lowest BCUT2D eigenvalue weighted by Crippen LogP contribution is -2.56. The number of aliphatic hydroxyl groups excluding tert-OH is 2. The highest BCUT2D eigenvalue weighted by Crippen LogP contribution is 2.62. The summed E-state index contributed by atoms with van der Waals surface area (Å²) < 4.78 is 17.0. The van der Waals surface area contributed by atoms with E-state index >= 15 is 0 Å². The molecule has 5 heterocycles. The van der Waals surface area contributed by atoms with Crippen molar-refractivity contribution in [3.05, 3.63) is 47.0 Å². The molecule has 146 valence electrons. The lowest BCUT2D eigenvalue weighted by Gasteiger charge is -2.42. The summed E-state index contributed by atoms with van der Waals surface area (Å²) in [7, 11) is 1.61. The number of hydrogen-bond donors (Lipinski definition) is 2. The standard InChI is InChI=1S/C21H28N2O4/c1-10-6-8-14-16-17-18(12(3)22(10)14)27-21(16,13(4)24)20(25)19(26-5)15-9-7-11(2)23(15)17/h6-9,12-13,16-20,24-25H,1-5H3/t12-,13+,16+,17+,18+,19+,20-,21?/m1/s1. The van der Waals surface area contributed by atoms with Crippen LogP contribution in [0.3, 0.4) is 0 Å². The highest BCUT2D eigenvalue weighted by atomic mass is 16.6. The highest BCUT2D eigenvalue weighted by molar-refractivity contribution is 5.38. The molecule has 1 fully saturated rings. The third-order valence-corrected chi connectivity index (χ3v) is 7.26. The van der Waals surface area contributed by atoms with Gasteiger partial charge in [-0.25, -0.2) is 0 Å². The minimum atomic E-state index is -1.12. The Morgan fingerprint density at radius 3 is 2.37 bits per heavy atom. The van der Waals surface area contributed by atoms with Gasteiger partial charge in [0.2, 0.25) is 0 Å². The Morgan fingerprint density at radius 2 is 1.74 bits per heavy atom. The van der Waals surface area contributed by atoms with Crippen LogP contribution in [-0.2, 0) is 9.47 Å².